The third kappa shape index (κ3) is 4.75. The molecule has 10 heteroatoms. The predicted octanol–water partition coefficient (Wildman–Crippen LogP) is 3.18. The number of anilines is 1. The minimum absolute atomic E-state index is 0.0128. The summed E-state index contributed by atoms with van der Waals surface area (Å²) in [7, 11) is 0. The standard InChI is InChI=1S/C23H32N6O4/c1-14-5-7-15(8-6-14)12-29-19-17(26-22(29)24-9-10-30)11-18(20-27-23(31)33-28-20)25-21(19)32-13-16-3-2-4-16/h11,14-16,30H,2-10,12-13H2,1H3,(H,24,26)(H,27,28,31). The van der Waals surface area contributed by atoms with E-state index in [2.05, 4.69) is 31.5 Å². The van der Waals surface area contributed by atoms with Gasteiger partial charge in [-0.3, -0.25) is 9.51 Å². The quantitative estimate of drug-likeness (QED) is 0.447. The van der Waals surface area contributed by atoms with Crippen LogP contribution in [0.25, 0.3) is 22.6 Å². The van der Waals surface area contributed by atoms with Gasteiger partial charge in [0, 0.05) is 13.1 Å². The minimum Gasteiger partial charge on any atom is -0.476 e. The molecule has 3 heterocycles. The summed E-state index contributed by atoms with van der Waals surface area (Å²) in [6.45, 7) is 4.16. The van der Waals surface area contributed by atoms with Crippen LogP contribution < -0.4 is 15.8 Å². The van der Waals surface area contributed by atoms with Gasteiger partial charge in [-0.05, 0) is 49.5 Å². The second-order valence-electron chi connectivity index (χ2n) is 9.55. The number of aromatic nitrogens is 5. The van der Waals surface area contributed by atoms with Crippen molar-refractivity contribution in [3.8, 4) is 17.4 Å². The summed E-state index contributed by atoms with van der Waals surface area (Å²) in [4.78, 5) is 23.6. The van der Waals surface area contributed by atoms with E-state index in [-0.39, 0.29) is 12.4 Å². The van der Waals surface area contributed by atoms with Crippen molar-refractivity contribution in [1.29, 1.82) is 0 Å². The van der Waals surface area contributed by atoms with Crippen LogP contribution in [0.4, 0.5) is 5.95 Å². The van der Waals surface area contributed by atoms with Crippen LogP contribution in [-0.4, -0.2) is 49.5 Å². The third-order valence-corrected chi connectivity index (χ3v) is 7.03. The molecule has 0 unspecified atom stereocenters. The van der Waals surface area contributed by atoms with Gasteiger partial charge in [0.25, 0.3) is 0 Å². The molecular weight excluding hydrogens is 424 g/mol. The molecule has 33 heavy (non-hydrogen) atoms. The van der Waals surface area contributed by atoms with E-state index in [1.807, 2.05) is 0 Å². The zero-order chi connectivity index (χ0) is 22.8. The molecule has 0 amide bonds. The molecule has 0 spiro atoms. The van der Waals surface area contributed by atoms with Crippen LogP contribution in [0.5, 0.6) is 5.88 Å². The van der Waals surface area contributed by atoms with Gasteiger partial charge in [-0.1, -0.05) is 31.3 Å². The summed E-state index contributed by atoms with van der Waals surface area (Å²) < 4.78 is 13.1. The van der Waals surface area contributed by atoms with E-state index >= 15 is 0 Å². The maximum atomic E-state index is 11.5. The fraction of sp³-hybridized carbons (Fsp3) is 0.652. The van der Waals surface area contributed by atoms with Crippen molar-refractivity contribution >= 4 is 17.0 Å². The Bertz CT molecular complexity index is 1140. The lowest BCUT2D eigenvalue weighted by Gasteiger charge is -2.27. The van der Waals surface area contributed by atoms with E-state index in [0.717, 1.165) is 18.0 Å². The lowest BCUT2D eigenvalue weighted by Crippen LogP contribution is -2.21. The number of hydrogen-bond donors (Lipinski definition) is 3. The molecule has 3 N–H and O–H groups in total. The summed E-state index contributed by atoms with van der Waals surface area (Å²) in [5.74, 6) is 2.68. The van der Waals surface area contributed by atoms with Gasteiger partial charge < -0.3 is 19.7 Å². The Kier molecular flexibility index (Phi) is 6.34. The van der Waals surface area contributed by atoms with Crippen molar-refractivity contribution in [2.24, 2.45) is 17.8 Å². The van der Waals surface area contributed by atoms with Crippen molar-refractivity contribution in [3.05, 3.63) is 16.6 Å². The zero-order valence-corrected chi connectivity index (χ0v) is 19.0. The lowest BCUT2D eigenvalue weighted by molar-refractivity contribution is 0.177. The Balaban J connectivity index is 1.56. The van der Waals surface area contributed by atoms with Crippen molar-refractivity contribution in [2.75, 3.05) is 25.1 Å². The Labute approximate surface area is 191 Å². The molecule has 0 aliphatic heterocycles. The number of nitrogens with one attached hydrogen (secondary N) is 2. The molecule has 3 aromatic heterocycles. The predicted molar refractivity (Wildman–Crippen MR) is 123 cm³/mol. The minimum atomic E-state index is -0.633. The topological polar surface area (TPSA) is 131 Å². The average Bonchev–Trinajstić information content (AvgIpc) is 3.36. The normalized spacial score (nSPS) is 21.3. The molecule has 0 radical (unpaired) electrons. The summed E-state index contributed by atoms with van der Waals surface area (Å²) >= 11 is 0. The molecule has 2 saturated carbocycles. The number of H-pyrrole nitrogens is 1. The van der Waals surface area contributed by atoms with Crippen LogP contribution in [0.3, 0.4) is 0 Å². The van der Waals surface area contributed by atoms with Crippen LogP contribution >= 0.6 is 0 Å². The third-order valence-electron chi connectivity index (χ3n) is 7.03. The van der Waals surface area contributed by atoms with E-state index in [1.165, 1.54) is 44.9 Å². The van der Waals surface area contributed by atoms with Crippen molar-refractivity contribution in [2.45, 2.75) is 58.4 Å². The first-order valence-electron chi connectivity index (χ1n) is 12.1. The lowest BCUT2D eigenvalue weighted by atomic mass is 9.83. The van der Waals surface area contributed by atoms with Gasteiger partial charge in [0.15, 0.2) is 0 Å². The number of nitrogens with zero attached hydrogens (tertiary/aromatic N) is 4. The van der Waals surface area contributed by atoms with Gasteiger partial charge in [-0.15, -0.1) is 0 Å². The fourth-order valence-electron chi connectivity index (χ4n) is 4.79. The second kappa shape index (κ2) is 9.54. The molecule has 2 aliphatic carbocycles. The molecule has 5 rings (SSSR count). The Hall–Kier alpha value is -2.88. The Morgan fingerprint density at radius 1 is 1.21 bits per heavy atom. The highest BCUT2D eigenvalue weighted by Gasteiger charge is 2.26. The average molecular weight is 457 g/mol. The first kappa shape index (κ1) is 21.9. The maximum Gasteiger partial charge on any atom is 0.439 e. The number of aliphatic hydroxyl groups is 1. The molecule has 2 aliphatic rings. The van der Waals surface area contributed by atoms with Crippen LogP contribution in [0.1, 0.15) is 51.9 Å². The van der Waals surface area contributed by atoms with Crippen molar-refractivity contribution in [3.63, 3.8) is 0 Å². The van der Waals surface area contributed by atoms with Gasteiger partial charge in [0.05, 0.1) is 18.7 Å². The Morgan fingerprint density at radius 2 is 2.03 bits per heavy atom. The monoisotopic (exact) mass is 456 g/mol. The molecule has 0 saturated heterocycles. The van der Waals surface area contributed by atoms with Gasteiger partial charge >= 0.3 is 5.76 Å². The van der Waals surface area contributed by atoms with Gasteiger partial charge in [0.2, 0.25) is 17.7 Å². The van der Waals surface area contributed by atoms with Crippen LogP contribution in [0, 0.1) is 17.8 Å². The fourth-order valence-corrected chi connectivity index (χ4v) is 4.79. The molecule has 0 atom stereocenters. The molecule has 2 fully saturated rings. The first-order valence-corrected chi connectivity index (χ1v) is 12.1. The highest BCUT2D eigenvalue weighted by molar-refractivity contribution is 5.86. The molecule has 178 valence electrons. The van der Waals surface area contributed by atoms with E-state index in [0.29, 0.717) is 48.0 Å². The largest absolute Gasteiger partial charge is 0.476 e. The number of hydrogen-bond acceptors (Lipinski definition) is 8. The van der Waals surface area contributed by atoms with Gasteiger partial charge in [-0.2, -0.15) is 0 Å². The number of fused-ring (bicyclic) bond motifs is 1. The number of pyridine rings is 1. The smallest absolute Gasteiger partial charge is 0.439 e. The van der Waals surface area contributed by atoms with Gasteiger partial charge in [-0.25, -0.2) is 14.8 Å². The summed E-state index contributed by atoms with van der Waals surface area (Å²) in [6, 6.07) is 1.79. The van der Waals surface area contributed by atoms with Crippen molar-refractivity contribution in [1.82, 2.24) is 24.7 Å². The number of aliphatic hydroxyl groups excluding tert-OH is 1. The molecule has 10 nitrogen and oxygen atoms in total. The molecule has 0 bridgehead atoms. The first-order chi connectivity index (χ1) is 16.1. The number of rotatable bonds is 9. The number of imidazole rings is 1. The van der Waals surface area contributed by atoms with Crippen LogP contribution in [0.15, 0.2) is 15.4 Å². The van der Waals surface area contributed by atoms with Crippen LogP contribution in [-0.2, 0) is 6.54 Å². The van der Waals surface area contributed by atoms with E-state index in [9.17, 15) is 9.90 Å². The van der Waals surface area contributed by atoms with E-state index in [4.69, 9.17) is 14.7 Å². The molecular formula is C23H32N6O4. The van der Waals surface area contributed by atoms with Gasteiger partial charge in [0.1, 0.15) is 11.2 Å². The van der Waals surface area contributed by atoms with Crippen molar-refractivity contribution < 1.29 is 14.4 Å². The highest BCUT2D eigenvalue weighted by Crippen LogP contribution is 2.36. The number of aromatic amines is 1. The van der Waals surface area contributed by atoms with Crippen LogP contribution in [0.2, 0.25) is 0 Å². The number of ether oxygens (including phenoxy) is 1. The summed E-state index contributed by atoms with van der Waals surface area (Å²) in [6.07, 6.45) is 8.43. The maximum absolute atomic E-state index is 11.5. The van der Waals surface area contributed by atoms with E-state index < -0.39 is 5.76 Å². The zero-order valence-electron chi connectivity index (χ0n) is 19.0. The highest BCUT2D eigenvalue weighted by atomic mass is 16.5. The Morgan fingerprint density at radius 3 is 2.70 bits per heavy atom. The van der Waals surface area contributed by atoms with E-state index in [1.54, 1.807) is 6.07 Å². The molecule has 0 aromatic carbocycles. The molecule has 3 aromatic rings. The summed E-state index contributed by atoms with van der Waals surface area (Å²) in [5.41, 5.74) is 1.99. The SMILES string of the molecule is CC1CCC(Cn2c(NCCO)nc3cc(-c4noc(=O)[nH]4)nc(OCC4CCC4)c32)CC1. The summed E-state index contributed by atoms with van der Waals surface area (Å²) in [5, 5.41) is 16.4. The second-order valence-corrected chi connectivity index (χ2v) is 9.55.